The summed E-state index contributed by atoms with van der Waals surface area (Å²) in [5.41, 5.74) is 0.903. The third-order valence-electron chi connectivity index (χ3n) is 2.62. The summed E-state index contributed by atoms with van der Waals surface area (Å²) in [5, 5.41) is 16.4. The standard InChI is InChI=1S/C13H11N3O3S2/c14-7-9-1-3-10(4-2-9)13(17)16-8-11-5-6-12(20-11)21(15,18)19/h1-6H,8H2,(H,16,17)(H2,15,18,19). The van der Waals surface area contributed by atoms with Gasteiger partial charge in [-0.05, 0) is 36.4 Å². The SMILES string of the molecule is N#Cc1ccc(C(=O)NCc2ccc(S(N)(=O)=O)s2)cc1. The molecule has 108 valence electrons. The number of sulfonamides is 1. The lowest BCUT2D eigenvalue weighted by Gasteiger charge is -2.03. The molecule has 0 aliphatic carbocycles. The Morgan fingerprint density at radius 2 is 1.90 bits per heavy atom. The number of carbonyl (C=O) groups is 1. The van der Waals surface area contributed by atoms with Crippen molar-refractivity contribution in [2.75, 3.05) is 0 Å². The lowest BCUT2D eigenvalue weighted by molar-refractivity contribution is 0.0951. The zero-order chi connectivity index (χ0) is 15.5. The molecule has 2 rings (SSSR count). The zero-order valence-corrected chi connectivity index (χ0v) is 12.4. The third kappa shape index (κ3) is 3.88. The molecule has 2 aromatic rings. The van der Waals surface area contributed by atoms with Gasteiger partial charge in [0.1, 0.15) is 4.21 Å². The Balaban J connectivity index is 2.01. The number of amides is 1. The van der Waals surface area contributed by atoms with Crippen LogP contribution in [0.1, 0.15) is 20.8 Å². The number of primary sulfonamides is 1. The molecule has 1 aromatic carbocycles. The highest BCUT2D eigenvalue weighted by Crippen LogP contribution is 2.20. The minimum atomic E-state index is -3.71. The fourth-order valence-electron chi connectivity index (χ4n) is 1.57. The molecule has 1 heterocycles. The van der Waals surface area contributed by atoms with Gasteiger partial charge in [0.15, 0.2) is 0 Å². The zero-order valence-electron chi connectivity index (χ0n) is 10.7. The van der Waals surface area contributed by atoms with Crippen LogP contribution in [0, 0.1) is 11.3 Å². The Labute approximate surface area is 125 Å². The first-order chi connectivity index (χ1) is 9.90. The van der Waals surface area contributed by atoms with Crippen LogP contribution in [0.2, 0.25) is 0 Å². The number of nitrogens with zero attached hydrogens (tertiary/aromatic N) is 1. The predicted molar refractivity (Wildman–Crippen MR) is 78.0 cm³/mol. The summed E-state index contributed by atoms with van der Waals surface area (Å²) in [6.07, 6.45) is 0. The van der Waals surface area contributed by atoms with E-state index >= 15 is 0 Å². The summed E-state index contributed by atoms with van der Waals surface area (Å²) in [7, 11) is -3.71. The number of carbonyl (C=O) groups excluding carboxylic acids is 1. The summed E-state index contributed by atoms with van der Waals surface area (Å²) in [6, 6.07) is 11.2. The molecule has 0 spiro atoms. The number of nitriles is 1. The Morgan fingerprint density at radius 3 is 2.43 bits per heavy atom. The Bertz CT molecular complexity index is 802. The second-order valence-corrected chi connectivity index (χ2v) is 7.09. The summed E-state index contributed by atoms with van der Waals surface area (Å²) in [4.78, 5) is 12.6. The van der Waals surface area contributed by atoms with Gasteiger partial charge in [-0.15, -0.1) is 11.3 Å². The van der Waals surface area contributed by atoms with Gasteiger partial charge in [0.25, 0.3) is 5.91 Å². The molecule has 0 aliphatic heterocycles. The van der Waals surface area contributed by atoms with E-state index in [1.165, 1.54) is 6.07 Å². The van der Waals surface area contributed by atoms with Gasteiger partial charge in [-0.25, -0.2) is 13.6 Å². The van der Waals surface area contributed by atoms with Crippen LogP contribution in [0.25, 0.3) is 0 Å². The molecule has 3 N–H and O–H groups in total. The average molecular weight is 321 g/mol. The summed E-state index contributed by atoms with van der Waals surface area (Å²) in [5.74, 6) is -0.301. The highest BCUT2D eigenvalue weighted by molar-refractivity contribution is 7.91. The summed E-state index contributed by atoms with van der Waals surface area (Å²) in [6.45, 7) is 0.207. The number of thiophene rings is 1. The Morgan fingerprint density at radius 1 is 1.24 bits per heavy atom. The molecule has 0 aliphatic rings. The van der Waals surface area contributed by atoms with Gasteiger partial charge in [0.2, 0.25) is 10.0 Å². The van der Waals surface area contributed by atoms with Gasteiger partial charge in [-0.2, -0.15) is 5.26 Å². The van der Waals surface area contributed by atoms with Crippen molar-refractivity contribution in [1.82, 2.24) is 5.32 Å². The van der Waals surface area contributed by atoms with Crippen molar-refractivity contribution in [3.05, 3.63) is 52.4 Å². The van der Waals surface area contributed by atoms with E-state index in [9.17, 15) is 13.2 Å². The maximum absolute atomic E-state index is 11.9. The lowest BCUT2D eigenvalue weighted by Crippen LogP contribution is -2.22. The number of hydrogen-bond donors (Lipinski definition) is 2. The van der Waals surface area contributed by atoms with E-state index in [2.05, 4.69) is 5.32 Å². The largest absolute Gasteiger partial charge is 0.347 e. The first-order valence-electron chi connectivity index (χ1n) is 5.80. The second-order valence-electron chi connectivity index (χ2n) is 4.14. The molecule has 8 heteroatoms. The number of nitrogens with two attached hydrogens (primary N) is 1. The van der Waals surface area contributed by atoms with Gasteiger partial charge in [-0.3, -0.25) is 4.79 Å². The molecule has 1 aromatic heterocycles. The smallest absolute Gasteiger partial charge is 0.251 e. The third-order valence-corrected chi connectivity index (χ3v) is 5.14. The Kier molecular flexibility index (Phi) is 4.37. The van der Waals surface area contributed by atoms with Gasteiger partial charge >= 0.3 is 0 Å². The maximum atomic E-state index is 11.9. The number of rotatable bonds is 4. The normalized spacial score (nSPS) is 10.9. The van der Waals surface area contributed by atoms with E-state index < -0.39 is 10.0 Å². The second kappa shape index (κ2) is 6.05. The van der Waals surface area contributed by atoms with Crippen molar-refractivity contribution in [2.45, 2.75) is 10.8 Å². The molecule has 0 saturated heterocycles. The number of nitrogens with one attached hydrogen (secondary N) is 1. The lowest BCUT2D eigenvalue weighted by atomic mass is 10.1. The highest BCUT2D eigenvalue weighted by Gasteiger charge is 2.12. The number of benzene rings is 1. The first kappa shape index (κ1) is 15.2. The molecular formula is C13H11N3O3S2. The van der Waals surface area contributed by atoms with Crippen LogP contribution in [-0.4, -0.2) is 14.3 Å². The van der Waals surface area contributed by atoms with E-state index in [1.807, 2.05) is 6.07 Å². The molecule has 0 saturated carbocycles. The summed E-state index contributed by atoms with van der Waals surface area (Å²) < 4.78 is 22.3. The van der Waals surface area contributed by atoms with Crippen molar-refractivity contribution in [1.29, 1.82) is 5.26 Å². The molecule has 0 bridgehead atoms. The van der Waals surface area contributed by atoms with Crippen molar-refractivity contribution in [3.8, 4) is 6.07 Å². The molecular weight excluding hydrogens is 310 g/mol. The van der Waals surface area contributed by atoms with Gasteiger partial charge in [0, 0.05) is 10.4 Å². The van der Waals surface area contributed by atoms with Gasteiger partial charge in [0.05, 0.1) is 18.2 Å². The van der Waals surface area contributed by atoms with Crippen molar-refractivity contribution < 1.29 is 13.2 Å². The monoisotopic (exact) mass is 321 g/mol. The van der Waals surface area contributed by atoms with Crippen LogP contribution in [0.3, 0.4) is 0 Å². The van der Waals surface area contributed by atoms with Gasteiger partial charge < -0.3 is 5.32 Å². The van der Waals surface area contributed by atoms with E-state index in [0.717, 1.165) is 11.3 Å². The average Bonchev–Trinajstić information content (AvgIpc) is 2.94. The highest BCUT2D eigenvalue weighted by atomic mass is 32.2. The molecule has 6 nitrogen and oxygen atoms in total. The van der Waals surface area contributed by atoms with Crippen LogP contribution in [0.4, 0.5) is 0 Å². The molecule has 0 fully saturated rings. The molecule has 0 unspecified atom stereocenters. The van der Waals surface area contributed by atoms with E-state index in [-0.39, 0.29) is 16.7 Å². The van der Waals surface area contributed by atoms with Crippen LogP contribution >= 0.6 is 11.3 Å². The van der Waals surface area contributed by atoms with E-state index in [4.69, 9.17) is 10.4 Å². The quantitative estimate of drug-likeness (QED) is 0.880. The number of hydrogen-bond acceptors (Lipinski definition) is 5. The van der Waals surface area contributed by atoms with Crippen molar-refractivity contribution in [3.63, 3.8) is 0 Å². The van der Waals surface area contributed by atoms with Crippen LogP contribution in [-0.2, 0) is 16.6 Å². The Hall–Kier alpha value is -2.21. The topological polar surface area (TPSA) is 113 Å². The molecule has 21 heavy (non-hydrogen) atoms. The van der Waals surface area contributed by atoms with Crippen LogP contribution < -0.4 is 10.5 Å². The fraction of sp³-hybridized carbons (Fsp3) is 0.0769. The molecule has 0 atom stereocenters. The van der Waals surface area contributed by atoms with Crippen LogP contribution in [0.15, 0.2) is 40.6 Å². The van der Waals surface area contributed by atoms with Gasteiger partial charge in [-0.1, -0.05) is 0 Å². The van der Waals surface area contributed by atoms with E-state index in [0.29, 0.717) is 16.0 Å². The maximum Gasteiger partial charge on any atom is 0.251 e. The fourth-order valence-corrected chi connectivity index (χ4v) is 3.29. The minimum absolute atomic E-state index is 0.0603. The minimum Gasteiger partial charge on any atom is -0.347 e. The van der Waals surface area contributed by atoms with Crippen LogP contribution in [0.5, 0.6) is 0 Å². The summed E-state index contributed by atoms with van der Waals surface area (Å²) >= 11 is 1.01. The van der Waals surface area contributed by atoms with E-state index in [1.54, 1.807) is 30.3 Å². The molecule has 1 amide bonds. The van der Waals surface area contributed by atoms with Crippen molar-refractivity contribution >= 4 is 27.3 Å². The predicted octanol–water partition coefficient (Wildman–Crippen LogP) is 1.20. The molecule has 0 radical (unpaired) electrons. The van der Waals surface area contributed by atoms with Crippen molar-refractivity contribution in [2.24, 2.45) is 5.14 Å². The first-order valence-corrected chi connectivity index (χ1v) is 8.16.